The van der Waals surface area contributed by atoms with Crippen LogP contribution in [0.5, 0.6) is 0 Å². The van der Waals surface area contributed by atoms with Crippen molar-refractivity contribution in [3.63, 3.8) is 0 Å². The lowest BCUT2D eigenvalue weighted by atomic mass is 10.2. The van der Waals surface area contributed by atoms with E-state index in [4.69, 9.17) is 0 Å². The number of unbranched alkanes of at least 4 members (excludes halogenated alkanes) is 1. The van der Waals surface area contributed by atoms with Gasteiger partial charge in [-0.1, -0.05) is 43.7 Å². The molecule has 0 aromatic heterocycles. The summed E-state index contributed by atoms with van der Waals surface area (Å²) in [6, 6.07) is 10.1. The first-order chi connectivity index (χ1) is 10.5. The van der Waals surface area contributed by atoms with Gasteiger partial charge in [-0.05, 0) is 18.4 Å². The minimum Gasteiger partial charge on any atom is -0.392 e. The average Bonchev–Trinajstić information content (AvgIpc) is 2.84. The molecular formula is C16H26N2O3S. The second-order valence-corrected chi connectivity index (χ2v) is 7.91. The lowest BCUT2D eigenvalue weighted by molar-refractivity contribution is 0.172. The van der Waals surface area contributed by atoms with Crippen molar-refractivity contribution in [2.75, 3.05) is 18.8 Å². The van der Waals surface area contributed by atoms with Crippen LogP contribution in [0.25, 0.3) is 0 Å². The van der Waals surface area contributed by atoms with Crippen molar-refractivity contribution in [1.82, 2.24) is 9.62 Å². The highest BCUT2D eigenvalue weighted by Crippen LogP contribution is 2.20. The summed E-state index contributed by atoms with van der Waals surface area (Å²) >= 11 is 0. The molecule has 1 aromatic rings. The van der Waals surface area contributed by atoms with Crippen LogP contribution < -0.4 is 4.72 Å². The van der Waals surface area contributed by atoms with Crippen molar-refractivity contribution in [3.8, 4) is 0 Å². The first kappa shape index (κ1) is 17.4. The topological polar surface area (TPSA) is 69.6 Å². The Morgan fingerprint density at radius 1 is 1.32 bits per heavy atom. The summed E-state index contributed by atoms with van der Waals surface area (Å²) in [6.07, 6.45) is 1.77. The first-order valence-electron chi connectivity index (χ1n) is 7.93. The number of aliphatic hydroxyl groups is 1. The third kappa shape index (κ3) is 5.35. The molecule has 1 aliphatic rings. The van der Waals surface area contributed by atoms with Crippen LogP contribution in [-0.4, -0.2) is 49.4 Å². The minimum atomic E-state index is -3.20. The molecule has 6 heteroatoms. The predicted molar refractivity (Wildman–Crippen MR) is 88.0 cm³/mol. The zero-order valence-electron chi connectivity index (χ0n) is 13.1. The summed E-state index contributed by atoms with van der Waals surface area (Å²) in [7, 11) is -3.20. The molecule has 5 nitrogen and oxygen atoms in total. The molecule has 2 unspecified atom stereocenters. The van der Waals surface area contributed by atoms with Gasteiger partial charge in [-0.2, -0.15) is 0 Å². The lowest BCUT2D eigenvalue weighted by Gasteiger charge is -2.24. The van der Waals surface area contributed by atoms with Crippen molar-refractivity contribution >= 4 is 10.0 Å². The summed E-state index contributed by atoms with van der Waals surface area (Å²) < 4.78 is 26.5. The molecule has 0 aliphatic carbocycles. The molecule has 0 radical (unpaired) electrons. The van der Waals surface area contributed by atoms with Gasteiger partial charge >= 0.3 is 0 Å². The fourth-order valence-electron chi connectivity index (χ4n) is 2.81. The monoisotopic (exact) mass is 326 g/mol. The van der Waals surface area contributed by atoms with Gasteiger partial charge in [0.25, 0.3) is 0 Å². The van der Waals surface area contributed by atoms with E-state index in [-0.39, 0.29) is 17.9 Å². The Hall–Kier alpha value is -0.950. The van der Waals surface area contributed by atoms with Crippen molar-refractivity contribution < 1.29 is 13.5 Å². The van der Waals surface area contributed by atoms with Crippen LogP contribution in [0.2, 0.25) is 0 Å². The maximum absolute atomic E-state index is 11.9. The van der Waals surface area contributed by atoms with Gasteiger partial charge in [0.05, 0.1) is 11.9 Å². The Bertz CT molecular complexity index is 548. The molecule has 1 aromatic carbocycles. The Kier molecular flexibility index (Phi) is 6.37. The summed E-state index contributed by atoms with van der Waals surface area (Å²) in [4.78, 5) is 2.16. The van der Waals surface area contributed by atoms with Crippen molar-refractivity contribution in [2.45, 2.75) is 44.9 Å². The fraction of sp³-hybridized carbons (Fsp3) is 0.625. The van der Waals surface area contributed by atoms with E-state index in [2.05, 4.69) is 9.62 Å². The Labute approximate surface area is 133 Å². The second-order valence-electron chi connectivity index (χ2n) is 5.98. The van der Waals surface area contributed by atoms with E-state index in [1.807, 2.05) is 37.3 Å². The smallest absolute Gasteiger partial charge is 0.211 e. The van der Waals surface area contributed by atoms with Gasteiger partial charge in [0.15, 0.2) is 0 Å². The van der Waals surface area contributed by atoms with E-state index in [1.165, 1.54) is 5.56 Å². The molecule has 2 rings (SSSR count). The largest absolute Gasteiger partial charge is 0.392 e. The van der Waals surface area contributed by atoms with Gasteiger partial charge in [-0.25, -0.2) is 13.1 Å². The number of hydrogen-bond donors (Lipinski definition) is 2. The van der Waals surface area contributed by atoms with Crippen molar-refractivity contribution in [3.05, 3.63) is 35.9 Å². The Morgan fingerprint density at radius 3 is 2.73 bits per heavy atom. The highest BCUT2D eigenvalue weighted by Gasteiger charge is 2.31. The van der Waals surface area contributed by atoms with E-state index in [9.17, 15) is 13.5 Å². The number of benzene rings is 1. The third-order valence-electron chi connectivity index (χ3n) is 4.04. The number of aliphatic hydroxyl groups excluding tert-OH is 1. The molecule has 2 atom stereocenters. The number of nitrogens with one attached hydrogen (secondary N) is 1. The Balaban J connectivity index is 1.91. The highest BCUT2D eigenvalue weighted by atomic mass is 32.2. The van der Waals surface area contributed by atoms with Crippen LogP contribution in [0.15, 0.2) is 30.3 Å². The fourth-order valence-corrected chi connectivity index (χ4v) is 4.07. The van der Waals surface area contributed by atoms with E-state index in [0.717, 1.165) is 13.0 Å². The Morgan fingerprint density at radius 2 is 2.05 bits per heavy atom. The van der Waals surface area contributed by atoms with Crippen LogP contribution in [0.3, 0.4) is 0 Å². The zero-order valence-corrected chi connectivity index (χ0v) is 13.9. The van der Waals surface area contributed by atoms with Gasteiger partial charge in [0, 0.05) is 25.7 Å². The van der Waals surface area contributed by atoms with Gasteiger partial charge in [0.1, 0.15) is 0 Å². The normalized spacial score (nSPS) is 23.0. The molecule has 1 aliphatic heterocycles. The van der Waals surface area contributed by atoms with Crippen molar-refractivity contribution in [1.29, 1.82) is 0 Å². The van der Waals surface area contributed by atoms with E-state index >= 15 is 0 Å². The molecule has 124 valence electrons. The van der Waals surface area contributed by atoms with E-state index < -0.39 is 10.0 Å². The van der Waals surface area contributed by atoms with Gasteiger partial charge < -0.3 is 5.11 Å². The number of hydrogen-bond acceptors (Lipinski definition) is 4. The molecule has 22 heavy (non-hydrogen) atoms. The third-order valence-corrected chi connectivity index (χ3v) is 5.47. The number of likely N-dealkylation sites (tertiary alicyclic amines) is 1. The molecule has 1 saturated heterocycles. The highest BCUT2D eigenvalue weighted by molar-refractivity contribution is 7.89. The standard InChI is InChI=1S/C16H26N2O3S/c1-2-3-9-22(20,21)17-11-15-10-16(19)13-18(15)12-14-7-5-4-6-8-14/h4-8,15-17,19H,2-3,9-13H2,1H3. The molecule has 0 saturated carbocycles. The average molecular weight is 326 g/mol. The van der Waals surface area contributed by atoms with Crippen LogP contribution in [-0.2, 0) is 16.6 Å². The van der Waals surface area contributed by atoms with E-state index in [0.29, 0.717) is 25.9 Å². The molecule has 0 bridgehead atoms. The van der Waals surface area contributed by atoms with E-state index in [1.54, 1.807) is 0 Å². The summed E-state index contributed by atoms with van der Waals surface area (Å²) in [5, 5.41) is 9.90. The number of β-amino-alcohol motifs (C(OH)–C–C–N with tert-alkyl or cyclic N) is 1. The van der Waals surface area contributed by atoms with Crippen LogP contribution in [0.4, 0.5) is 0 Å². The molecule has 1 fully saturated rings. The van der Waals surface area contributed by atoms with Crippen molar-refractivity contribution in [2.24, 2.45) is 0 Å². The zero-order chi connectivity index (χ0) is 16.0. The number of sulfonamides is 1. The summed E-state index contributed by atoms with van der Waals surface area (Å²) in [5.74, 6) is 0.178. The second kappa shape index (κ2) is 8.06. The van der Waals surface area contributed by atoms with Crippen LogP contribution in [0.1, 0.15) is 31.7 Å². The first-order valence-corrected chi connectivity index (χ1v) is 9.59. The molecule has 0 spiro atoms. The molecule has 2 N–H and O–H groups in total. The minimum absolute atomic E-state index is 0.0478. The predicted octanol–water partition coefficient (Wildman–Crippen LogP) is 1.34. The van der Waals surface area contributed by atoms with Crippen LogP contribution >= 0.6 is 0 Å². The summed E-state index contributed by atoms with van der Waals surface area (Å²) in [5.41, 5.74) is 1.18. The molecular weight excluding hydrogens is 300 g/mol. The maximum Gasteiger partial charge on any atom is 0.211 e. The van der Waals surface area contributed by atoms with Gasteiger partial charge in [-0.3, -0.25) is 4.90 Å². The summed E-state index contributed by atoms with van der Waals surface area (Å²) in [6.45, 7) is 3.68. The molecule has 0 amide bonds. The lowest BCUT2D eigenvalue weighted by Crippen LogP contribution is -2.40. The number of nitrogens with zero attached hydrogens (tertiary/aromatic N) is 1. The maximum atomic E-state index is 11.9. The van der Waals surface area contributed by atoms with Gasteiger partial charge in [0.2, 0.25) is 10.0 Å². The van der Waals surface area contributed by atoms with Crippen LogP contribution in [0, 0.1) is 0 Å². The quantitative estimate of drug-likeness (QED) is 0.756. The SMILES string of the molecule is CCCCS(=O)(=O)NCC1CC(O)CN1Cc1ccccc1. The molecule has 1 heterocycles. The number of rotatable bonds is 8. The van der Waals surface area contributed by atoms with Gasteiger partial charge in [-0.15, -0.1) is 0 Å².